The molecule has 152 valence electrons. The Morgan fingerprint density at radius 2 is 1.53 bits per heavy atom. The van der Waals surface area contributed by atoms with E-state index in [9.17, 15) is 14.4 Å². The van der Waals surface area contributed by atoms with Gasteiger partial charge >= 0.3 is 12.1 Å². The zero-order valence-electron chi connectivity index (χ0n) is 16.3. The first-order valence-corrected chi connectivity index (χ1v) is 9.28. The van der Waals surface area contributed by atoms with E-state index in [2.05, 4.69) is 10.6 Å². The quantitative estimate of drug-likeness (QED) is 0.341. The molecule has 1 unspecified atom stereocenters. The second-order valence-electron chi connectivity index (χ2n) is 6.56. The van der Waals surface area contributed by atoms with Crippen LogP contribution in [-0.4, -0.2) is 24.1 Å². The average Bonchev–Trinajstić information content (AvgIpc) is 2.74. The van der Waals surface area contributed by atoms with E-state index in [-0.39, 0.29) is 11.1 Å². The zero-order chi connectivity index (χ0) is 21.5. The van der Waals surface area contributed by atoms with E-state index in [1.54, 1.807) is 19.1 Å². The van der Waals surface area contributed by atoms with Crippen LogP contribution in [0.4, 0.5) is 10.5 Å². The van der Waals surface area contributed by atoms with Gasteiger partial charge in [0.05, 0.1) is 17.4 Å². The van der Waals surface area contributed by atoms with Crippen LogP contribution < -0.4 is 16.4 Å². The molecule has 0 heterocycles. The van der Waals surface area contributed by atoms with Crippen LogP contribution in [0.3, 0.4) is 0 Å². The summed E-state index contributed by atoms with van der Waals surface area (Å²) in [6.07, 6.45) is -1.46. The molecule has 7 heteroatoms. The van der Waals surface area contributed by atoms with E-state index in [0.717, 1.165) is 11.1 Å². The number of benzene rings is 3. The monoisotopic (exact) mass is 403 g/mol. The maximum Gasteiger partial charge on any atom is 0.419 e. The number of carbonyl (C=O) groups excluding carboxylic acids is 3. The van der Waals surface area contributed by atoms with Gasteiger partial charge in [0.25, 0.3) is 5.91 Å². The third-order valence-corrected chi connectivity index (χ3v) is 4.15. The van der Waals surface area contributed by atoms with Crippen LogP contribution in [0.1, 0.15) is 27.6 Å². The molecule has 3 aromatic carbocycles. The molecular weight excluding hydrogens is 382 g/mol. The number of nitrogens with one attached hydrogen (secondary N) is 2. The number of nitrogens with two attached hydrogens (primary N) is 1. The smallest absolute Gasteiger partial charge is 0.372 e. The van der Waals surface area contributed by atoms with E-state index in [1.165, 1.54) is 24.3 Å². The summed E-state index contributed by atoms with van der Waals surface area (Å²) in [4.78, 5) is 36.7. The number of rotatable bonds is 5. The minimum absolute atomic E-state index is 0.0684. The lowest BCUT2D eigenvalue weighted by molar-refractivity contribution is 0.0645. The minimum atomic E-state index is -0.922. The Bertz CT molecular complexity index is 1060. The molecule has 0 aliphatic rings. The summed E-state index contributed by atoms with van der Waals surface area (Å²) in [7, 11) is 0. The van der Waals surface area contributed by atoms with Gasteiger partial charge in [0.2, 0.25) is 0 Å². The highest BCUT2D eigenvalue weighted by atomic mass is 16.6. The summed E-state index contributed by atoms with van der Waals surface area (Å²) in [6.45, 7) is 1.62. The summed E-state index contributed by atoms with van der Waals surface area (Å²) in [5.41, 5.74) is 8.05. The van der Waals surface area contributed by atoms with Crippen molar-refractivity contribution < 1.29 is 19.1 Å². The van der Waals surface area contributed by atoms with Gasteiger partial charge in [-0.15, -0.1) is 0 Å². The fourth-order valence-corrected chi connectivity index (χ4v) is 2.82. The van der Waals surface area contributed by atoms with Crippen LogP contribution in [0.5, 0.6) is 0 Å². The van der Waals surface area contributed by atoms with Crippen molar-refractivity contribution in [2.75, 3.05) is 5.32 Å². The van der Waals surface area contributed by atoms with Gasteiger partial charge in [-0.05, 0) is 36.8 Å². The van der Waals surface area contributed by atoms with E-state index in [1.807, 2.05) is 42.5 Å². The van der Waals surface area contributed by atoms with Crippen molar-refractivity contribution in [1.82, 2.24) is 5.32 Å². The second-order valence-corrected chi connectivity index (χ2v) is 6.56. The second kappa shape index (κ2) is 9.49. The van der Waals surface area contributed by atoms with Crippen molar-refractivity contribution in [3.05, 3.63) is 90.0 Å². The molecule has 0 spiro atoms. The first-order valence-electron chi connectivity index (χ1n) is 9.28. The largest absolute Gasteiger partial charge is 0.419 e. The number of esters is 1. The normalized spacial score (nSPS) is 11.3. The fourth-order valence-electron chi connectivity index (χ4n) is 2.82. The van der Waals surface area contributed by atoms with Gasteiger partial charge in [-0.3, -0.25) is 10.1 Å². The van der Waals surface area contributed by atoms with E-state index < -0.39 is 24.1 Å². The van der Waals surface area contributed by atoms with Crippen molar-refractivity contribution in [3.8, 4) is 11.1 Å². The summed E-state index contributed by atoms with van der Waals surface area (Å²) >= 11 is 0. The van der Waals surface area contributed by atoms with E-state index in [0.29, 0.717) is 5.69 Å². The van der Waals surface area contributed by atoms with Gasteiger partial charge in [-0.25, -0.2) is 9.59 Å². The molecule has 0 saturated heterocycles. The molecule has 7 nitrogen and oxygen atoms in total. The van der Waals surface area contributed by atoms with Gasteiger partial charge in [-0.2, -0.15) is 0 Å². The maximum absolute atomic E-state index is 12.4. The lowest BCUT2D eigenvalue weighted by Gasteiger charge is -2.11. The summed E-state index contributed by atoms with van der Waals surface area (Å²) in [5.74, 6) is -1.30. The minimum Gasteiger partial charge on any atom is -0.372 e. The summed E-state index contributed by atoms with van der Waals surface area (Å²) in [5, 5.41) is 5.12. The van der Waals surface area contributed by atoms with Crippen LogP contribution >= 0.6 is 0 Å². The van der Waals surface area contributed by atoms with Crippen molar-refractivity contribution in [3.63, 3.8) is 0 Å². The Kier molecular flexibility index (Phi) is 6.56. The molecule has 0 aliphatic heterocycles. The summed E-state index contributed by atoms with van der Waals surface area (Å²) in [6, 6.07) is 22.5. The molecule has 0 bridgehead atoms. The standard InChI is InChI=1S/C23H21N3O4/c1-15(24)25-21(27)17-10-7-11-18(14-17)22(28)30-23(29)26-20-13-6-5-12-19(20)16-8-3-2-4-9-16/h2-15H,24H2,1H3,(H,25,27)(H,26,29). The van der Waals surface area contributed by atoms with Crippen molar-refractivity contribution in [1.29, 1.82) is 0 Å². The predicted octanol–water partition coefficient (Wildman–Crippen LogP) is 3.78. The average molecular weight is 403 g/mol. The van der Waals surface area contributed by atoms with Crippen molar-refractivity contribution >= 4 is 23.7 Å². The van der Waals surface area contributed by atoms with Gasteiger partial charge in [-0.1, -0.05) is 54.6 Å². The SMILES string of the molecule is CC(N)NC(=O)c1cccc(C(=O)OC(=O)Nc2ccccc2-c2ccccc2)c1. The third kappa shape index (κ3) is 5.30. The van der Waals surface area contributed by atoms with Gasteiger partial charge in [0.1, 0.15) is 0 Å². The first-order chi connectivity index (χ1) is 14.4. The van der Waals surface area contributed by atoms with E-state index >= 15 is 0 Å². The lowest BCUT2D eigenvalue weighted by atomic mass is 10.0. The highest BCUT2D eigenvalue weighted by Crippen LogP contribution is 2.27. The van der Waals surface area contributed by atoms with Crippen LogP contribution in [0.15, 0.2) is 78.9 Å². The predicted molar refractivity (Wildman–Crippen MR) is 114 cm³/mol. The van der Waals surface area contributed by atoms with Crippen LogP contribution in [0, 0.1) is 0 Å². The third-order valence-electron chi connectivity index (χ3n) is 4.15. The molecule has 0 aliphatic carbocycles. The lowest BCUT2D eigenvalue weighted by Crippen LogP contribution is -2.38. The van der Waals surface area contributed by atoms with Gasteiger partial charge in [0.15, 0.2) is 0 Å². The van der Waals surface area contributed by atoms with Crippen molar-refractivity contribution in [2.24, 2.45) is 5.73 Å². The number of hydrogen-bond donors (Lipinski definition) is 3. The Morgan fingerprint density at radius 3 is 2.27 bits per heavy atom. The molecule has 30 heavy (non-hydrogen) atoms. The Labute approximate surface area is 173 Å². The van der Waals surface area contributed by atoms with Crippen LogP contribution in [0.25, 0.3) is 11.1 Å². The Balaban J connectivity index is 1.71. The fraction of sp³-hybridized carbons (Fsp3) is 0.0870. The first kappa shape index (κ1) is 20.8. The Morgan fingerprint density at radius 1 is 0.867 bits per heavy atom. The number of amides is 2. The van der Waals surface area contributed by atoms with Crippen molar-refractivity contribution in [2.45, 2.75) is 13.1 Å². The van der Waals surface area contributed by atoms with Crippen LogP contribution in [0.2, 0.25) is 0 Å². The van der Waals surface area contributed by atoms with Gasteiger partial charge < -0.3 is 15.8 Å². The molecule has 0 aromatic heterocycles. The highest BCUT2D eigenvalue weighted by molar-refractivity contribution is 6.03. The molecule has 0 saturated carbocycles. The highest BCUT2D eigenvalue weighted by Gasteiger charge is 2.17. The van der Waals surface area contributed by atoms with Gasteiger partial charge in [0, 0.05) is 11.1 Å². The molecule has 4 N–H and O–H groups in total. The van der Waals surface area contributed by atoms with E-state index in [4.69, 9.17) is 10.5 Å². The summed E-state index contributed by atoms with van der Waals surface area (Å²) < 4.78 is 4.90. The molecule has 0 radical (unpaired) electrons. The molecule has 3 rings (SSSR count). The molecule has 3 aromatic rings. The number of carbonyl (C=O) groups is 3. The number of para-hydroxylation sites is 1. The number of anilines is 1. The maximum atomic E-state index is 12.4. The number of hydrogen-bond acceptors (Lipinski definition) is 5. The van der Waals surface area contributed by atoms with Crippen LogP contribution in [-0.2, 0) is 4.74 Å². The molecule has 1 atom stereocenters. The zero-order valence-corrected chi connectivity index (χ0v) is 16.3. The Hall–Kier alpha value is -3.97. The molecular formula is C23H21N3O4. The topological polar surface area (TPSA) is 111 Å². The number of ether oxygens (including phenoxy) is 1. The molecule has 0 fully saturated rings. The molecule has 2 amide bonds.